The van der Waals surface area contributed by atoms with Crippen LogP contribution in [0.15, 0.2) is 34.8 Å². The first-order valence-electron chi connectivity index (χ1n) is 5.97. The van der Waals surface area contributed by atoms with Crippen molar-refractivity contribution in [3.63, 3.8) is 0 Å². The number of aryl methyl sites for hydroxylation is 3. The molecule has 1 nitrogen and oxygen atoms in total. The molecule has 0 saturated heterocycles. The van der Waals surface area contributed by atoms with E-state index in [4.69, 9.17) is 0 Å². The van der Waals surface area contributed by atoms with Crippen LogP contribution in [0.1, 0.15) is 32.6 Å². The van der Waals surface area contributed by atoms with Crippen LogP contribution < -0.4 is 0 Å². The summed E-state index contributed by atoms with van der Waals surface area (Å²) in [6, 6.07) is 8.59. The number of rotatable bonds is 2. The maximum absolute atomic E-state index is 14.0. The number of carbonyl (C=O) groups excluding carboxylic acids is 1. The Morgan fingerprint density at radius 3 is 2.32 bits per heavy atom. The Bertz CT molecular complexity index is 639. The molecule has 0 fully saturated rings. The Kier molecular flexibility index (Phi) is 3.85. The van der Waals surface area contributed by atoms with Gasteiger partial charge in [0.25, 0.3) is 0 Å². The molecule has 2 aromatic rings. The lowest BCUT2D eigenvalue weighted by Gasteiger charge is -2.10. The van der Waals surface area contributed by atoms with Crippen LogP contribution in [0.4, 0.5) is 4.39 Å². The molecule has 0 bridgehead atoms. The molecule has 0 aromatic heterocycles. The van der Waals surface area contributed by atoms with Crippen molar-refractivity contribution in [1.82, 2.24) is 0 Å². The van der Waals surface area contributed by atoms with Crippen LogP contribution in [-0.2, 0) is 0 Å². The molecule has 0 unspecified atom stereocenters. The quantitative estimate of drug-likeness (QED) is 0.730. The second-order valence-electron chi connectivity index (χ2n) is 4.73. The minimum absolute atomic E-state index is 0.163. The van der Waals surface area contributed by atoms with Crippen molar-refractivity contribution in [2.24, 2.45) is 0 Å². The molecule has 0 aliphatic rings. The van der Waals surface area contributed by atoms with Gasteiger partial charge in [-0.2, -0.15) is 0 Å². The van der Waals surface area contributed by atoms with Crippen LogP contribution in [0, 0.1) is 26.6 Å². The molecular formula is C16H14BrFO. The summed E-state index contributed by atoms with van der Waals surface area (Å²) in [5, 5.41) is 0. The maximum atomic E-state index is 14.0. The summed E-state index contributed by atoms with van der Waals surface area (Å²) < 4.78 is 14.9. The molecule has 0 radical (unpaired) electrons. The number of hydrogen-bond donors (Lipinski definition) is 0. The van der Waals surface area contributed by atoms with Crippen LogP contribution >= 0.6 is 15.9 Å². The van der Waals surface area contributed by atoms with E-state index in [1.807, 2.05) is 26.0 Å². The van der Waals surface area contributed by atoms with Gasteiger partial charge < -0.3 is 0 Å². The van der Waals surface area contributed by atoms with Gasteiger partial charge in [0.2, 0.25) is 0 Å². The molecule has 0 amide bonds. The van der Waals surface area contributed by atoms with E-state index in [2.05, 4.69) is 15.9 Å². The summed E-state index contributed by atoms with van der Waals surface area (Å²) in [5.74, 6) is -0.718. The fraction of sp³-hybridized carbons (Fsp3) is 0.188. The topological polar surface area (TPSA) is 17.1 Å². The standard InChI is InChI=1S/C16H14BrFO/c1-9-6-11(3)15(14(18)7-9)16(19)13-5-4-12(17)8-10(13)2/h4-8H,1-3H3. The molecule has 0 aliphatic heterocycles. The van der Waals surface area contributed by atoms with E-state index in [1.165, 1.54) is 6.07 Å². The molecule has 0 spiro atoms. The van der Waals surface area contributed by atoms with Gasteiger partial charge in [-0.1, -0.05) is 22.0 Å². The maximum Gasteiger partial charge on any atom is 0.196 e. The van der Waals surface area contributed by atoms with Gasteiger partial charge in [-0.05, 0) is 61.7 Å². The summed E-state index contributed by atoms with van der Waals surface area (Å²) in [4.78, 5) is 12.5. The zero-order valence-electron chi connectivity index (χ0n) is 11.1. The fourth-order valence-electron chi connectivity index (χ4n) is 2.22. The lowest BCUT2D eigenvalue weighted by Crippen LogP contribution is -2.09. The number of halogens is 2. The van der Waals surface area contributed by atoms with Gasteiger partial charge >= 0.3 is 0 Å². The third kappa shape index (κ3) is 2.76. The monoisotopic (exact) mass is 320 g/mol. The summed E-state index contributed by atoms with van der Waals surface area (Å²) in [5.41, 5.74) is 3.02. The summed E-state index contributed by atoms with van der Waals surface area (Å²) in [6.07, 6.45) is 0. The summed E-state index contributed by atoms with van der Waals surface area (Å²) >= 11 is 3.35. The van der Waals surface area contributed by atoms with Crippen molar-refractivity contribution in [1.29, 1.82) is 0 Å². The van der Waals surface area contributed by atoms with Crippen molar-refractivity contribution in [2.45, 2.75) is 20.8 Å². The van der Waals surface area contributed by atoms with Crippen molar-refractivity contribution in [3.8, 4) is 0 Å². The van der Waals surface area contributed by atoms with E-state index in [0.717, 1.165) is 15.6 Å². The van der Waals surface area contributed by atoms with Crippen molar-refractivity contribution in [3.05, 3.63) is 68.4 Å². The molecular weight excluding hydrogens is 307 g/mol. The first kappa shape index (κ1) is 13.9. The second kappa shape index (κ2) is 5.25. The first-order chi connectivity index (χ1) is 8.90. The smallest absolute Gasteiger partial charge is 0.196 e. The summed E-state index contributed by atoms with van der Waals surface area (Å²) in [7, 11) is 0. The van der Waals surface area contributed by atoms with Gasteiger partial charge in [-0.15, -0.1) is 0 Å². The first-order valence-corrected chi connectivity index (χ1v) is 6.77. The minimum atomic E-state index is -0.454. The molecule has 2 rings (SSSR count). The Morgan fingerprint density at radius 2 is 1.74 bits per heavy atom. The average Bonchev–Trinajstić information content (AvgIpc) is 2.26. The van der Waals surface area contributed by atoms with E-state index >= 15 is 0 Å². The molecule has 98 valence electrons. The second-order valence-corrected chi connectivity index (χ2v) is 5.64. The average molecular weight is 321 g/mol. The highest BCUT2D eigenvalue weighted by atomic mass is 79.9. The highest BCUT2D eigenvalue weighted by molar-refractivity contribution is 9.10. The molecule has 0 N–H and O–H groups in total. The van der Waals surface area contributed by atoms with E-state index < -0.39 is 5.82 Å². The highest BCUT2D eigenvalue weighted by Crippen LogP contribution is 2.23. The summed E-state index contributed by atoms with van der Waals surface area (Å²) in [6.45, 7) is 5.42. The Labute approximate surface area is 120 Å². The number of hydrogen-bond acceptors (Lipinski definition) is 1. The van der Waals surface area contributed by atoms with Gasteiger partial charge in [0, 0.05) is 10.0 Å². The lowest BCUT2D eigenvalue weighted by atomic mass is 9.94. The number of ketones is 1. The zero-order chi connectivity index (χ0) is 14.2. The number of benzene rings is 2. The Morgan fingerprint density at radius 1 is 1.05 bits per heavy atom. The molecule has 0 heterocycles. The van der Waals surface area contributed by atoms with Crippen LogP contribution in [0.25, 0.3) is 0 Å². The van der Waals surface area contributed by atoms with E-state index in [1.54, 1.807) is 19.1 Å². The van der Waals surface area contributed by atoms with Crippen LogP contribution in [0.5, 0.6) is 0 Å². The van der Waals surface area contributed by atoms with Crippen LogP contribution in [-0.4, -0.2) is 5.78 Å². The van der Waals surface area contributed by atoms with Gasteiger partial charge in [0.1, 0.15) is 5.82 Å². The van der Waals surface area contributed by atoms with Crippen molar-refractivity contribution < 1.29 is 9.18 Å². The molecule has 0 saturated carbocycles. The predicted molar refractivity (Wildman–Crippen MR) is 78.2 cm³/mol. The van der Waals surface area contributed by atoms with Crippen LogP contribution in [0.2, 0.25) is 0 Å². The molecule has 0 aliphatic carbocycles. The number of carbonyl (C=O) groups is 1. The van der Waals surface area contributed by atoms with E-state index in [0.29, 0.717) is 11.1 Å². The lowest BCUT2D eigenvalue weighted by molar-refractivity contribution is 0.103. The van der Waals surface area contributed by atoms with Gasteiger partial charge in [-0.3, -0.25) is 4.79 Å². The van der Waals surface area contributed by atoms with Crippen LogP contribution in [0.3, 0.4) is 0 Å². The highest BCUT2D eigenvalue weighted by Gasteiger charge is 2.18. The van der Waals surface area contributed by atoms with Gasteiger partial charge in [0.05, 0.1) is 5.56 Å². The third-order valence-corrected chi connectivity index (χ3v) is 3.59. The molecule has 19 heavy (non-hydrogen) atoms. The molecule has 3 heteroatoms. The van der Waals surface area contributed by atoms with Gasteiger partial charge in [-0.25, -0.2) is 4.39 Å². The van der Waals surface area contributed by atoms with E-state index in [9.17, 15) is 9.18 Å². The fourth-order valence-corrected chi connectivity index (χ4v) is 2.70. The Balaban J connectivity index is 2.56. The molecule has 2 aromatic carbocycles. The molecule has 0 atom stereocenters. The normalized spacial score (nSPS) is 10.6. The minimum Gasteiger partial charge on any atom is -0.288 e. The van der Waals surface area contributed by atoms with E-state index in [-0.39, 0.29) is 11.3 Å². The SMILES string of the molecule is Cc1cc(C)c(C(=O)c2ccc(Br)cc2C)c(F)c1. The van der Waals surface area contributed by atoms with Crippen molar-refractivity contribution in [2.75, 3.05) is 0 Å². The van der Waals surface area contributed by atoms with Gasteiger partial charge in [0.15, 0.2) is 5.78 Å². The zero-order valence-corrected chi connectivity index (χ0v) is 12.6. The largest absolute Gasteiger partial charge is 0.288 e. The Hall–Kier alpha value is -1.48. The third-order valence-electron chi connectivity index (χ3n) is 3.09. The predicted octanol–water partition coefficient (Wildman–Crippen LogP) is 4.74. The van der Waals surface area contributed by atoms with Crippen molar-refractivity contribution >= 4 is 21.7 Å².